The van der Waals surface area contributed by atoms with E-state index in [-0.39, 0.29) is 0 Å². The average Bonchev–Trinajstić information content (AvgIpc) is 2.80. The zero-order valence-electron chi connectivity index (χ0n) is 9.59. The molecule has 16 heavy (non-hydrogen) atoms. The van der Waals surface area contributed by atoms with Crippen molar-refractivity contribution >= 4 is 0 Å². The number of rotatable bonds is 5. The first-order valence-corrected chi connectivity index (χ1v) is 6.04. The molecule has 5 nitrogen and oxygen atoms in total. The van der Waals surface area contributed by atoms with E-state index in [1.807, 2.05) is 4.57 Å². The number of hydrogen-bond donors (Lipinski definition) is 1. The quantitative estimate of drug-likeness (QED) is 0.756. The predicted octanol–water partition coefficient (Wildman–Crippen LogP) is 0.955. The van der Waals surface area contributed by atoms with Crippen LogP contribution in [0.3, 0.4) is 0 Å². The van der Waals surface area contributed by atoms with Crippen LogP contribution >= 0.6 is 0 Å². The Bertz CT molecular complexity index is 280. The van der Waals surface area contributed by atoms with Crippen LogP contribution in [-0.4, -0.2) is 33.5 Å². The molecular formula is C11H20N4O. The number of nitrogens with two attached hydrogens (primary N) is 1. The van der Waals surface area contributed by atoms with Gasteiger partial charge in [0.2, 0.25) is 0 Å². The molecular weight excluding hydrogens is 204 g/mol. The van der Waals surface area contributed by atoms with Crippen molar-refractivity contribution in [2.24, 2.45) is 5.73 Å². The molecule has 1 saturated carbocycles. The first-order valence-electron chi connectivity index (χ1n) is 6.04. The fraction of sp³-hybridized carbons (Fsp3) is 0.818. The highest BCUT2D eigenvalue weighted by molar-refractivity contribution is 4.74. The summed E-state index contributed by atoms with van der Waals surface area (Å²) in [6.07, 6.45) is 9.37. The van der Waals surface area contributed by atoms with Gasteiger partial charge in [0.15, 0.2) is 0 Å². The van der Waals surface area contributed by atoms with Gasteiger partial charge in [0.25, 0.3) is 0 Å². The number of hydrogen-bond acceptors (Lipinski definition) is 4. The van der Waals surface area contributed by atoms with Crippen LogP contribution in [0.2, 0.25) is 0 Å². The summed E-state index contributed by atoms with van der Waals surface area (Å²) in [5.74, 6) is 0. The third-order valence-corrected chi connectivity index (χ3v) is 3.10. The van der Waals surface area contributed by atoms with Crippen molar-refractivity contribution in [2.45, 2.75) is 50.8 Å². The van der Waals surface area contributed by atoms with Crippen LogP contribution in [0.4, 0.5) is 0 Å². The Morgan fingerprint density at radius 2 is 1.88 bits per heavy atom. The van der Waals surface area contributed by atoms with Crippen molar-refractivity contribution in [3.63, 3.8) is 0 Å². The van der Waals surface area contributed by atoms with E-state index in [0.29, 0.717) is 12.1 Å². The molecule has 0 unspecified atom stereocenters. The van der Waals surface area contributed by atoms with Crippen LogP contribution in [0, 0.1) is 0 Å². The number of aromatic nitrogens is 3. The summed E-state index contributed by atoms with van der Waals surface area (Å²) >= 11 is 0. The molecule has 1 aromatic heterocycles. The molecule has 0 aliphatic heterocycles. The highest BCUT2D eigenvalue weighted by Gasteiger charge is 2.18. The van der Waals surface area contributed by atoms with Crippen LogP contribution in [0.15, 0.2) is 12.7 Å². The minimum Gasteiger partial charge on any atom is -0.378 e. The molecule has 0 saturated heterocycles. The van der Waals surface area contributed by atoms with E-state index in [2.05, 4.69) is 10.2 Å². The SMILES string of the molecule is NC1CCC(OCCCn2cnnc2)CC1. The predicted molar refractivity (Wildman–Crippen MR) is 60.8 cm³/mol. The van der Waals surface area contributed by atoms with Gasteiger partial charge in [0.1, 0.15) is 12.7 Å². The second-order valence-corrected chi connectivity index (χ2v) is 4.46. The molecule has 1 aromatic rings. The third kappa shape index (κ3) is 3.57. The zero-order chi connectivity index (χ0) is 11.2. The summed E-state index contributed by atoms with van der Waals surface area (Å²) in [4.78, 5) is 0. The summed E-state index contributed by atoms with van der Waals surface area (Å²) in [5, 5.41) is 7.51. The maximum atomic E-state index is 5.84. The van der Waals surface area contributed by atoms with Gasteiger partial charge in [-0.2, -0.15) is 0 Å². The second-order valence-electron chi connectivity index (χ2n) is 4.46. The Kier molecular flexibility index (Phi) is 4.30. The van der Waals surface area contributed by atoms with E-state index in [4.69, 9.17) is 10.5 Å². The van der Waals surface area contributed by atoms with Gasteiger partial charge >= 0.3 is 0 Å². The molecule has 2 rings (SSSR count). The summed E-state index contributed by atoms with van der Waals surface area (Å²) in [7, 11) is 0. The molecule has 0 amide bonds. The van der Waals surface area contributed by atoms with Gasteiger partial charge in [-0.3, -0.25) is 0 Å². The van der Waals surface area contributed by atoms with Crippen molar-refractivity contribution in [3.8, 4) is 0 Å². The molecule has 0 spiro atoms. The van der Waals surface area contributed by atoms with Crippen molar-refractivity contribution in [1.82, 2.24) is 14.8 Å². The van der Waals surface area contributed by atoms with Crippen molar-refractivity contribution in [3.05, 3.63) is 12.7 Å². The van der Waals surface area contributed by atoms with Crippen molar-refractivity contribution in [1.29, 1.82) is 0 Å². The maximum absolute atomic E-state index is 5.84. The first-order chi connectivity index (χ1) is 7.84. The molecule has 1 heterocycles. The molecule has 0 atom stereocenters. The van der Waals surface area contributed by atoms with E-state index < -0.39 is 0 Å². The molecule has 90 valence electrons. The van der Waals surface area contributed by atoms with Crippen molar-refractivity contribution < 1.29 is 4.74 Å². The van der Waals surface area contributed by atoms with Crippen molar-refractivity contribution in [2.75, 3.05) is 6.61 Å². The number of nitrogens with zero attached hydrogens (tertiary/aromatic N) is 3. The topological polar surface area (TPSA) is 66.0 Å². The average molecular weight is 224 g/mol. The summed E-state index contributed by atoms with van der Waals surface area (Å²) in [6.45, 7) is 1.75. The van der Waals surface area contributed by atoms with Gasteiger partial charge in [0.05, 0.1) is 6.10 Å². The Morgan fingerprint density at radius 1 is 1.19 bits per heavy atom. The molecule has 0 bridgehead atoms. The molecule has 0 aromatic carbocycles. The van der Waals surface area contributed by atoms with Gasteiger partial charge in [-0.05, 0) is 32.1 Å². The van der Waals surface area contributed by atoms with E-state index in [1.54, 1.807) is 12.7 Å². The normalized spacial score (nSPS) is 25.8. The molecule has 2 N–H and O–H groups in total. The van der Waals surface area contributed by atoms with Crippen LogP contribution in [-0.2, 0) is 11.3 Å². The number of aryl methyl sites for hydroxylation is 1. The highest BCUT2D eigenvalue weighted by Crippen LogP contribution is 2.19. The molecule has 1 aliphatic rings. The molecule has 5 heteroatoms. The lowest BCUT2D eigenvalue weighted by Gasteiger charge is -2.26. The minimum atomic E-state index is 0.400. The van der Waals surface area contributed by atoms with E-state index in [0.717, 1.165) is 45.3 Å². The lowest BCUT2D eigenvalue weighted by Crippen LogP contribution is -2.30. The standard InChI is InChI=1S/C11H20N4O/c12-10-2-4-11(5-3-10)16-7-1-6-15-8-13-14-9-15/h8-11H,1-7,12H2. The Labute approximate surface area is 96.0 Å². The molecule has 1 fully saturated rings. The fourth-order valence-corrected chi connectivity index (χ4v) is 2.09. The molecule has 1 aliphatic carbocycles. The van der Waals surface area contributed by atoms with Crippen LogP contribution in [0.25, 0.3) is 0 Å². The van der Waals surface area contributed by atoms with E-state index >= 15 is 0 Å². The largest absolute Gasteiger partial charge is 0.378 e. The summed E-state index contributed by atoms with van der Waals surface area (Å²) in [6, 6.07) is 0.400. The monoisotopic (exact) mass is 224 g/mol. The summed E-state index contributed by atoms with van der Waals surface area (Å²) < 4.78 is 7.79. The Morgan fingerprint density at radius 3 is 2.56 bits per heavy atom. The van der Waals surface area contributed by atoms with Gasteiger partial charge in [-0.15, -0.1) is 10.2 Å². The highest BCUT2D eigenvalue weighted by atomic mass is 16.5. The zero-order valence-corrected chi connectivity index (χ0v) is 9.59. The van der Waals surface area contributed by atoms with Crippen LogP contribution < -0.4 is 5.73 Å². The van der Waals surface area contributed by atoms with Gasteiger partial charge in [-0.1, -0.05) is 0 Å². The smallest absolute Gasteiger partial charge is 0.119 e. The number of ether oxygens (including phenoxy) is 1. The summed E-state index contributed by atoms with van der Waals surface area (Å²) in [5.41, 5.74) is 5.84. The second kappa shape index (κ2) is 5.96. The van der Waals surface area contributed by atoms with Gasteiger partial charge in [-0.25, -0.2) is 0 Å². The Hall–Kier alpha value is -0.940. The first kappa shape index (κ1) is 11.5. The molecule has 0 radical (unpaired) electrons. The lowest BCUT2D eigenvalue weighted by molar-refractivity contribution is 0.0225. The lowest BCUT2D eigenvalue weighted by atomic mass is 9.94. The van der Waals surface area contributed by atoms with Crippen LogP contribution in [0.5, 0.6) is 0 Å². The van der Waals surface area contributed by atoms with Gasteiger partial charge < -0.3 is 15.0 Å². The van der Waals surface area contributed by atoms with Crippen LogP contribution in [0.1, 0.15) is 32.1 Å². The van der Waals surface area contributed by atoms with Gasteiger partial charge in [0, 0.05) is 19.2 Å². The van der Waals surface area contributed by atoms with E-state index in [1.165, 1.54) is 0 Å². The minimum absolute atomic E-state index is 0.400. The third-order valence-electron chi connectivity index (χ3n) is 3.10. The van der Waals surface area contributed by atoms with E-state index in [9.17, 15) is 0 Å². The fourth-order valence-electron chi connectivity index (χ4n) is 2.09. The Balaban J connectivity index is 1.55. The maximum Gasteiger partial charge on any atom is 0.119 e.